The van der Waals surface area contributed by atoms with Crippen molar-refractivity contribution < 1.29 is 36.5 Å². The lowest BCUT2D eigenvalue weighted by atomic mass is 9.81. The molecule has 12 heteroatoms. The van der Waals surface area contributed by atoms with E-state index in [4.69, 9.17) is 9.26 Å². The minimum atomic E-state index is -4.83. The number of likely N-dealkylation sites (tertiary alicyclic amines) is 1. The number of carbonyl (C=O) groups is 2. The molecule has 0 spiro atoms. The first kappa shape index (κ1) is 33.9. The Balaban J connectivity index is 1.26. The van der Waals surface area contributed by atoms with Gasteiger partial charge in [0.25, 0.3) is 5.76 Å². The smallest absolute Gasteiger partial charge is 0.379 e. The average molecular weight is 661 g/mol. The molecule has 47 heavy (non-hydrogen) atoms. The highest BCUT2D eigenvalue weighted by atomic mass is 19.4. The fraction of sp³-hybridized carbons (Fsp3) is 0.686. The maximum Gasteiger partial charge on any atom is 0.453 e. The van der Waals surface area contributed by atoms with Gasteiger partial charge in [-0.25, -0.2) is 9.59 Å². The molecule has 1 saturated carbocycles. The van der Waals surface area contributed by atoms with Gasteiger partial charge in [0.1, 0.15) is 5.54 Å². The highest BCUT2D eigenvalue weighted by Gasteiger charge is 2.59. The number of rotatable bonds is 8. The Morgan fingerprint density at radius 3 is 2.36 bits per heavy atom. The van der Waals surface area contributed by atoms with Gasteiger partial charge < -0.3 is 24.4 Å². The number of amides is 3. The molecule has 0 radical (unpaired) electrons. The van der Waals surface area contributed by atoms with Crippen LogP contribution in [0.25, 0.3) is 0 Å². The molecule has 0 bridgehead atoms. The summed E-state index contributed by atoms with van der Waals surface area (Å²) >= 11 is 0. The fourth-order valence-electron chi connectivity index (χ4n) is 8.89. The number of aryl methyl sites for hydroxylation is 1. The summed E-state index contributed by atoms with van der Waals surface area (Å²) in [6.07, 6.45) is 1.91. The molecule has 9 nitrogen and oxygen atoms in total. The Morgan fingerprint density at radius 2 is 1.74 bits per heavy atom. The number of benzene rings is 1. The first-order valence-corrected chi connectivity index (χ1v) is 17.4. The van der Waals surface area contributed by atoms with Crippen LogP contribution in [0.15, 0.2) is 34.9 Å². The highest BCUT2D eigenvalue weighted by molar-refractivity contribution is 5.91. The molecule has 1 aromatic heterocycles. The summed E-state index contributed by atoms with van der Waals surface area (Å²) in [5.74, 6) is -1.47. The van der Waals surface area contributed by atoms with E-state index in [0.717, 1.165) is 37.9 Å². The van der Waals surface area contributed by atoms with Crippen molar-refractivity contribution in [1.29, 1.82) is 0 Å². The van der Waals surface area contributed by atoms with Gasteiger partial charge in [-0.1, -0.05) is 35.5 Å². The van der Waals surface area contributed by atoms with E-state index < -0.39 is 28.9 Å². The third-order valence-electron chi connectivity index (χ3n) is 11.6. The second-order valence-corrected chi connectivity index (χ2v) is 14.3. The van der Waals surface area contributed by atoms with Crippen LogP contribution in [-0.2, 0) is 10.9 Å². The van der Waals surface area contributed by atoms with Crippen LogP contribution in [-0.4, -0.2) is 94.9 Å². The molecule has 6 rings (SSSR count). The van der Waals surface area contributed by atoms with E-state index in [2.05, 4.69) is 22.6 Å². The molecule has 3 aliphatic heterocycles. The Morgan fingerprint density at radius 1 is 1.09 bits per heavy atom. The predicted octanol–water partition coefficient (Wildman–Crippen LogP) is 6.34. The minimum absolute atomic E-state index is 0.0180. The maximum absolute atomic E-state index is 14.5. The third-order valence-corrected chi connectivity index (χ3v) is 11.6. The summed E-state index contributed by atoms with van der Waals surface area (Å²) in [7, 11) is 0. The van der Waals surface area contributed by atoms with Gasteiger partial charge in [-0.15, -0.1) is 0 Å². The zero-order valence-corrected chi connectivity index (χ0v) is 27.9. The molecule has 1 unspecified atom stereocenters. The molecule has 4 fully saturated rings. The van der Waals surface area contributed by atoms with Gasteiger partial charge >= 0.3 is 18.1 Å². The summed E-state index contributed by atoms with van der Waals surface area (Å²) in [5, 5.41) is 6.94. The minimum Gasteiger partial charge on any atom is -0.379 e. The molecular weight excluding hydrogens is 611 g/mol. The van der Waals surface area contributed by atoms with Crippen molar-refractivity contribution in [3.8, 4) is 0 Å². The van der Waals surface area contributed by atoms with Crippen LogP contribution >= 0.6 is 0 Å². The van der Waals surface area contributed by atoms with Gasteiger partial charge in [0, 0.05) is 64.5 Å². The van der Waals surface area contributed by atoms with E-state index in [0.29, 0.717) is 77.0 Å². The average Bonchev–Trinajstić information content (AvgIpc) is 3.62. The van der Waals surface area contributed by atoms with E-state index in [1.54, 1.807) is 0 Å². The summed E-state index contributed by atoms with van der Waals surface area (Å²) in [4.78, 5) is 32.9. The SMILES string of the molecule is CCOC1CCC(CN2CC(c3ccccc3)N(C3CC[N+](C(=O)c4c(C)noc4C(F)(F)F)(C4(C)CCNCC4)CC3)C2=O)CC1. The molecule has 2 aromatic rings. The lowest BCUT2D eigenvalue weighted by Crippen LogP contribution is -2.72. The van der Waals surface area contributed by atoms with Crippen molar-refractivity contribution in [2.75, 3.05) is 45.9 Å². The maximum atomic E-state index is 14.5. The molecule has 1 atom stereocenters. The molecule has 1 aromatic carbocycles. The van der Waals surface area contributed by atoms with Gasteiger partial charge in [-0.05, 0) is 57.9 Å². The van der Waals surface area contributed by atoms with Gasteiger partial charge in [-0.3, -0.25) is 4.48 Å². The van der Waals surface area contributed by atoms with Crippen LogP contribution in [0.4, 0.5) is 18.0 Å². The Bertz CT molecular complexity index is 1390. The van der Waals surface area contributed by atoms with Crippen molar-refractivity contribution in [1.82, 2.24) is 20.3 Å². The standard InChI is InChI=1S/C35H49F3N5O4/c1-4-46-28-12-10-25(11-13-28)22-41-23-29(26-8-6-5-7-9-26)42(33(41)45)27-14-20-43(21-15-27,34(3)16-18-39-19-17-34)32(44)30-24(2)40-47-31(30)35(36,37)38/h5-9,25,27-29,39H,4,10-23H2,1-3H3/q+1. The second kappa shape index (κ2) is 13.5. The van der Waals surface area contributed by atoms with Crippen molar-refractivity contribution in [3.63, 3.8) is 0 Å². The molecule has 4 heterocycles. The molecular formula is C35H49F3N5O4+. The first-order chi connectivity index (χ1) is 22.5. The van der Waals surface area contributed by atoms with Crippen molar-refractivity contribution in [2.45, 2.75) is 102 Å². The Kier molecular flexibility index (Phi) is 9.75. The van der Waals surface area contributed by atoms with Gasteiger partial charge in [0.2, 0.25) is 0 Å². The lowest BCUT2D eigenvalue weighted by Gasteiger charge is -2.54. The number of carbonyl (C=O) groups excluding carboxylic acids is 2. The van der Waals surface area contributed by atoms with Gasteiger partial charge in [-0.2, -0.15) is 13.2 Å². The van der Waals surface area contributed by atoms with E-state index in [9.17, 15) is 22.8 Å². The number of hydrogen-bond acceptors (Lipinski definition) is 6. The summed E-state index contributed by atoms with van der Waals surface area (Å²) in [6.45, 7) is 9.56. The van der Waals surface area contributed by atoms with Crippen LogP contribution in [0.5, 0.6) is 0 Å². The van der Waals surface area contributed by atoms with Crippen molar-refractivity contribution >= 4 is 11.9 Å². The van der Waals surface area contributed by atoms with Crippen LogP contribution < -0.4 is 5.32 Å². The molecule has 258 valence electrons. The van der Waals surface area contributed by atoms with Gasteiger partial charge in [0.05, 0.1) is 30.9 Å². The van der Waals surface area contributed by atoms with Crippen LogP contribution in [0.1, 0.15) is 98.6 Å². The number of aromatic nitrogens is 1. The van der Waals surface area contributed by atoms with Gasteiger partial charge in [0.15, 0.2) is 5.56 Å². The topological polar surface area (TPSA) is 87.9 Å². The zero-order chi connectivity index (χ0) is 33.4. The molecule has 1 N–H and O–H groups in total. The first-order valence-electron chi connectivity index (χ1n) is 17.4. The summed E-state index contributed by atoms with van der Waals surface area (Å²) in [6, 6.07) is 9.85. The second-order valence-electron chi connectivity index (χ2n) is 14.3. The largest absolute Gasteiger partial charge is 0.453 e. The number of urea groups is 1. The van der Waals surface area contributed by atoms with E-state index in [-0.39, 0.29) is 28.3 Å². The number of quaternary nitrogens is 1. The normalized spacial score (nSPS) is 30.1. The zero-order valence-electron chi connectivity index (χ0n) is 27.9. The van der Waals surface area contributed by atoms with Crippen molar-refractivity contribution in [3.05, 3.63) is 52.9 Å². The number of alkyl halides is 3. The Labute approximate surface area is 275 Å². The van der Waals surface area contributed by atoms with Crippen LogP contribution in [0.3, 0.4) is 0 Å². The number of ether oxygens (including phenoxy) is 1. The monoisotopic (exact) mass is 660 g/mol. The fourth-order valence-corrected chi connectivity index (χ4v) is 8.89. The highest BCUT2D eigenvalue weighted by Crippen LogP contribution is 2.44. The van der Waals surface area contributed by atoms with Crippen LogP contribution in [0.2, 0.25) is 0 Å². The number of hydrogen-bond donors (Lipinski definition) is 1. The molecule has 3 amide bonds. The number of piperidine rings is 2. The molecule has 3 saturated heterocycles. The molecule has 1 aliphatic carbocycles. The summed E-state index contributed by atoms with van der Waals surface area (Å²) < 4.78 is 52.7. The lowest BCUT2D eigenvalue weighted by molar-refractivity contribution is -0.907. The van der Waals surface area contributed by atoms with Crippen molar-refractivity contribution in [2.24, 2.45) is 5.92 Å². The Hall–Kier alpha value is -2.96. The summed E-state index contributed by atoms with van der Waals surface area (Å²) in [5.41, 5.74) is 0.00998. The predicted molar refractivity (Wildman–Crippen MR) is 169 cm³/mol. The number of nitrogens with zero attached hydrogens (tertiary/aromatic N) is 4. The number of halogens is 3. The third kappa shape index (κ3) is 6.45. The van der Waals surface area contributed by atoms with E-state index in [1.807, 2.05) is 41.8 Å². The molecule has 4 aliphatic rings. The van der Waals surface area contributed by atoms with E-state index in [1.165, 1.54) is 6.92 Å². The quantitative estimate of drug-likeness (QED) is 0.333. The van der Waals surface area contributed by atoms with E-state index >= 15 is 0 Å². The van der Waals surface area contributed by atoms with Crippen LogP contribution in [0, 0.1) is 12.8 Å². The number of nitrogens with one attached hydrogen (secondary N) is 1.